The summed E-state index contributed by atoms with van der Waals surface area (Å²) in [4.78, 5) is 2.42. The molecule has 0 aromatic heterocycles. The van der Waals surface area contributed by atoms with Crippen LogP contribution in [0.1, 0.15) is 18.4 Å². The Kier molecular flexibility index (Phi) is 4.76. The van der Waals surface area contributed by atoms with Gasteiger partial charge in [-0.1, -0.05) is 12.2 Å². The van der Waals surface area contributed by atoms with Gasteiger partial charge in [0.1, 0.15) is 11.6 Å². The molecule has 0 fully saturated rings. The molecule has 1 aromatic rings. The Hall–Kier alpha value is -1.35. The summed E-state index contributed by atoms with van der Waals surface area (Å²) in [6.07, 6.45) is 6.60. The summed E-state index contributed by atoms with van der Waals surface area (Å²) in [5.41, 5.74) is 0.633. The molecular formula is C15H20FNO. The summed E-state index contributed by atoms with van der Waals surface area (Å²) < 4.78 is 18.7. The van der Waals surface area contributed by atoms with Gasteiger partial charge in [0, 0.05) is 19.6 Å². The number of ether oxygens (including phenoxy) is 1. The average molecular weight is 249 g/mol. The topological polar surface area (TPSA) is 12.5 Å². The molecule has 18 heavy (non-hydrogen) atoms. The SMILES string of the molecule is Cc1cc(OCCCN2CC=CCC2)ccc1F. The molecule has 1 aromatic carbocycles. The van der Waals surface area contributed by atoms with Gasteiger partial charge in [-0.2, -0.15) is 0 Å². The van der Waals surface area contributed by atoms with Crippen molar-refractivity contribution in [3.63, 3.8) is 0 Å². The number of rotatable bonds is 5. The zero-order chi connectivity index (χ0) is 12.8. The number of hydrogen-bond acceptors (Lipinski definition) is 2. The molecule has 0 N–H and O–H groups in total. The first-order valence-corrected chi connectivity index (χ1v) is 6.52. The van der Waals surface area contributed by atoms with Crippen LogP contribution in [0.4, 0.5) is 4.39 Å². The lowest BCUT2D eigenvalue weighted by Crippen LogP contribution is -2.29. The first kappa shape index (κ1) is 13.1. The van der Waals surface area contributed by atoms with E-state index in [-0.39, 0.29) is 5.82 Å². The predicted molar refractivity (Wildman–Crippen MR) is 71.4 cm³/mol. The van der Waals surface area contributed by atoms with E-state index < -0.39 is 0 Å². The standard InChI is InChI=1S/C15H20FNO/c1-13-12-14(6-7-15(13)16)18-11-5-10-17-8-3-2-4-9-17/h2-3,6-7,12H,4-5,8-11H2,1H3. The van der Waals surface area contributed by atoms with Crippen molar-refractivity contribution in [2.24, 2.45) is 0 Å². The third-order valence-electron chi connectivity index (χ3n) is 3.16. The maximum absolute atomic E-state index is 13.1. The Balaban J connectivity index is 1.68. The number of benzene rings is 1. The fourth-order valence-corrected chi connectivity index (χ4v) is 2.08. The highest BCUT2D eigenvalue weighted by molar-refractivity contribution is 5.28. The van der Waals surface area contributed by atoms with Gasteiger partial charge in [-0.25, -0.2) is 4.39 Å². The first-order chi connectivity index (χ1) is 8.75. The molecule has 0 radical (unpaired) electrons. The number of halogens is 1. The fourth-order valence-electron chi connectivity index (χ4n) is 2.08. The van der Waals surface area contributed by atoms with Crippen LogP contribution in [0.3, 0.4) is 0 Å². The monoisotopic (exact) mass is 249 g/mol. The molecule has 0 atom stereocenters. The summed E-state index contributed by atoms with van der Waals surface area (Å²) >= 11 is 0. The number of hydrogen-bond donors (Lipinski definition) is 0. The largest absolute Gasteiger partial charge is 0.494 e. The summed E-state index contributed by atoms with van der Waals surface area (Å²) in [7, 11) is 0. The van der Waals surface area contributed by atoms with Gasteiger partial charge in [-0.3, -0.25) is 4.90 Å². The smallest absolute Gasteiger partial charge is 0.126 e. The molecule has 98 valence electrons. The molecule has 0 saturated heterocycles. The highest BCUT2D eigenvalue weighted by Crippen LogP contribution is 2.16. The predicted octanol–water partition coefficient (Wildman–Crippen LogP) is 3.16. The molecule has 0 saturated carbocycles. The fraction of sp³-hybridized carbons (Fsp3) is 0.467. The molecule has 0 spiro atoms. The maximum atomic E-state index is 13.1. The summed E-state index contributed by atoms with van der Waals surface area (Å²) in [6, 6.07) is 4.89. The van der Waals surface area contributed by atoms with Gasteiger partial charge in [-0.05, 0) is 43.5 Å². The third-order valence-corrected chi connectivity index (χ3v) is 3.16. The van der Waals surface area contributed by atoms with Crippen molar-refractivity contribution in [3.8, 4) is 5.75 Å². The van der Waals surface area contributed by atoms with E-state index in [1.54, 1.807) is 19.1 Å². The van der Waals surface area contributed by atoms with Gasteiger partial charge in [0.25, 0.3) is 0 Å². The maximum Gasteiger partial charge on any atom is 0.126 e. The van der Waals surface area contributed by atoms with Crippen molar-refractivity contribution >= 4 is 0 Å². The van der Waals surface area contributed by atoms with E-state index in [1.807, 2.05) is 0 Å². The van der Waals surface area contributed by atoms with Crippen LogP contribution < -0.4 is 4.74 Å². The lowest BCUT2D eigenvalue weighted by Gasteiger charge is -2.22. The Bertz CT molecular complexity index is 417. The van der Waals surface area contributed by atoms with E-state index in [9.17, 15) is 4.39 Å². The molecule has 2 rings (SSSR count). The summed E-state index contributed by atoms with van der Waals surface area (Å²) in [5.74, 6) is 0.579. The summed E-state index contributed by atoms with van der Waals surface area (Å²) in [5, 5.41) is 0. The van der Waals surface area contributed by atoms with Crippen LogP contribution in [-0.2, 0) is 0 Å². The molecule has 1 aliphatic rings. The van der Waals surface area contributed by atoms with Gasteiger partial charge < -0.3 is 4.74 Å². The van der Waals surface area contributed by atoms with Gasteiger partial charge >= 0.3 is 0 Å². The molecule has 2 nitrogen and oxygen atoms in total. The normalized spacial score (nSPS) is 15.9. The number of aryl methyl sites for hydroxylation is 1. The van der Waals surface area contributed by atoms with Crippen LogP contribution in [0.2, 0.25) is 0 Å². The zero-order valence-corrected chi connectivity index (χ0v) is 10.9. The second-order valence-corrected chi connectivity index (χ2v) is 4.67. The molecule has 0 aliphatic carbocycles. The van der Waals surface area contributed by atoms with Gasteiger partial charge in [0.15, 0.2) is 0 Å². The van der Waals surface area contributed by atoms with Crippen LogP contribution in [0, 0.1) is 12.7 Å². The van der Waals surface area contributed by atoms with Gasteiger partial charge in [0.05, 0.1) is 6.61 Å². The van der Waals surface area contributed by atoms with E-state index in [0.29, 0.717) is 12.2 Å². The van der Waals surface area contributed by atoms with Crippen molar-refractivity contribution in [2.45, 2.75) is 19.8 Å². The molecule has 1 heterocycles. The molecule has 1 aliphatic heterocycles. The lowest BCUT2D eigenvalue weighted by atomic mass is 10.2. The Labute approximate surface area is 108 Å². The Morgan fingerprint density at radius 2 is 2.22 bits per heavy atom. The summed E-state index contributed by atoms with van der Waals surface area (Å²) in [6.45, 7) is 5.69. The van der Waals surface area contributed by atoms with Crippen molar-refractivity contribution in [1.82, 2.24) is 4.90 Å². The lowest BCUT2D eigenvalue weighted by molar-refractivity contribution is 0.247. The molecule has 0 unspecified atom stereocenters. The second kappa shape index (κ2) is 6.55. The second-order valence-electron chi connectivity index (χ2n) is 4.67. The van der Waals surface area contributed by atoms with Gasteiger partial charge in [-0.15, -0.1) is 0 Å². The van der Waals surface area contributed by atoms with Crippen LogP contribution in [-0.4, -0.2) is 31.1 Å². The Morgan fingerprint density at radius 3 is 2.94 bits per heavy atom. The van der Waals surface area contributed by atoms with Crippen molar-refractivity contribution in [3.05, 3.63) is 41.7 Å². The molecule has 3 heteroatoms. The highest BCUT2D eigenvalue weighted by atomic mass is 19.1. The van der Waals surface area contributed by atoms with E-state index in [2.05, 4.69) is 17.1 Å². The average Bonchev–Trinajstić information content (AvgIpc) is 2.40. The van der Waals surface area contributed by atoms with Crippen LogP contribution in [0.15, 0.2) is 30.4 Å². The van der Waals surface area contributed by atoms with E-state index >= 15 is 0 Å². The van der Waals surface area contributed by atoms with Crippen molar-refractivity contribution in [2.75, 3.05) is 26.2 Å². The Morgan fingerprint density at radius 1 is 1.33 bits per heavy atom. The molecular weight excluding hydrogens is 229 g/mol. The van der Waals surface area contributed by atoms with Crippen molar-refractivity contribution < 1.29 is 9.13 Å². The van der Waals surface area contributed by atoms with Crippen LogP contribution in [0.25, 0.3) is 0 Å². The van der Waals surface area contributed by atoms with Crippen molar-refractivity contribution in [1.29, 1.82) is 0 Å². The minimum absolute atomic E-state index is 0.178. The highest BCUT2D eigenvalue weighted by Gasteiger charge is 2.05. The number of nitrogens with zero attached hydrogens (tertiary/aromatic N) is 1. The third kappa shape index (κ3) is 3.84. The zero-order valence-electron chi connectivity index (χ0n) is 10.9. The van der Waals surface area contributed by atoms with Crippen LogP contribution in [0.5, 0.6) is 5.75 Å². The molecule has 0 amide bonds. The quantitative estimate of drug-likeness (QED) is 0.587. The van der Waals surface area contributed by atoms with E-state index in [1.165, 1.54) is 6.07 Å². The molecule has 0 bridgehead atoms. The van der Waals surface area contributed by atoms with E-state index in [4.69, 9.17) is 4.74 Å². The van der Waals surface area contributed by atoms with E-state index in [0.717, 1.165) is 38.2 Å². The van der Waals surface area contributed by atoms with Gasteiger partial charge in [0.2, 0.25) is 0 Å². The van der Waals surface area contributed by atoms with Crippen LogP contribution >= 0.6 is 0 Å². The minimum atomic E-state index is -0.178. The first-order valence-electron chi connectivity index (χ1n) is 6.52. The minimum Gasteiger partial charge on any atom is -0.494 e.